The van der Waals surface area contributed by atoms with Crippen molar-refractivity contribution in [3.8, 4) is 0 Å². The lowest BCUT2D eigenvalue weighted by molar-refractivity contribution is 0.132. The van der Waals surface area contributed by atoms with Crippen LogP contribution >= 0.6 is 23.2 Å². The van der Waals surface area contributed by atoms with Crippen LogP contribution in [-0.4, -0.2) is 32.9 Å². The standard InChI is InChI=1S/C10H16Cl2N4O/c1-10(2,3)4-6(17)5-13-8-7(11)15-16-9(12)14-8/h6,17H,4-5H2,1-3H3,(H,13,14,16). The van der Waals surface area contributed by atoms with E-state index in [1.54, 1.807) is 0 Å². The van der Waals surface area contributed by atoms with Crippen molar-refractivity contribution in [1.82, 2.24) is 15.2 Å². The molecule has 7 heteroatoms. The molecule has 2 N–H and O–H groups in total. The van der Waals surface area contributed by atoms with Crippen molar-refractivity contribution >= 4 is 29.0 Å². The van der Waals surface area contributed by atoms with Crippen LogP contribution in [0.3, 0.4) is 0 Å². The second-order valence-corrected chi connectivity index (χ2v) is 5.72. The van der Waals surface area contributed by atoms with E-state index in [2.05, 4.69) is 41.3 Å². The Morgan fingerprint density at radius 1 is 1.29 bits per heavy atom. The lowest BCUT2D eigenvalue weighted by atomic mass is 9.89. The molecule has 1 unspecified atom stereocenters. The van der Waals surface area contributed by atoms with Crippen molar-refractivity contribution in [1.29, 1.82) is 0 Å². The largest absolute Gasteiger partial charge is 0.391 e. The normalized spacial score (nSPS) is 13.5. The molecule has 1 aromatic rings. The number of nitrogens with one attached hydrogen (secondary N) is 1. The molecular formula is C10H16Cl2N4O. The Kier molecular flexibility index (Phi) is 4.91. The first-order valence-electron chi connectivity index (χ1n) is 5.25. The molecule has 0 amide bonds. The van der Waals surface area contributed by atoms with Gasteiger partial charge in [-0.25, -0.2) is 0 Å². The van der Waals surface area contributed by atoms with Crippen molar-refractivity contribution < 1.29 is 5.11 Å². The fourth-order valence-corrected chi connectivity index (χ4v) is 1.67. The highest BCUT2D eigenvalue weighted by atomic mass is 35.5. The number of aliphatic hydroxyl groups excluding tert-OH is 1. The lowest BCUT2D eigenvalue weighted by Gasteiger charge is -2.22. The molecule has 96 valence electrons. The number of nitrogens with zero attached hydrogens (tertiary/aromatic N) is 3. The number of rotatable bonds is 4. The zero-order valence-electron chi connectivity index (χ0n) is 10.0. The van der Waals surface area contributed by atoms with Crippen molar-refractivity contribution in [3.63, 3.8) is 0 Å². The third-order valence-electron chi connectivity index (χ3n) is 1.97. The molecule has 0 aliphatic rings. The monoisotopic (exact) mass is 278 g/mol. The second kappa shape index (κ2) is 5.80. The van der Waals surface area contributed by atoms with Crippen LogP contribution in [0.4, 0.5) is 5.82 Å². The average molecular weight is 279 g/mol. The van der Waals surface area contributed by atoms with Crippen LogP contribution in [0.25, 0.3) is 0 Å². The summed E-state index contributed by atoms with van der Waals surface area (Å²) in [6.45, 7) is 6.52. The quantitative estimate of drug-likeness (QED) is 0.885. The second-order valence-electron chi connectivity index (χ2n) is 5.02. The van der Waals surface area contributed by atoms with Gasteiger partial charge in [0.25, 0.3) is 0 Å². The van der Waals surface area contributed by atoms with Gasteiger partial charge in [-0.3, -0.25) is 0 Å². The molecular weight excluding hydrogens is 263 g/mol. The molecule has 5 nitrogen and oxygen atoms in total. The summed E-state index contributed by atoms with van der Waals surface area (Å²) >= 11 is 11.4. The first kappa shape index (κ1) is 14.4. The van der Waals surface area contributed by atoms with Crippen molar-refractivity contribution in [2.24, 2.45) is 5.41 Å². The third-order valence-corrected chi connectivity index (χ3v) is 2.39. The summed E-state index contributed by atoms with van der Waals surface area (Å²) < 4.78 is 0. The Morgan fingerprint density at radius 2 is 1.94 bits per heavy atom. The first-order chi connectivity index (χ1) is 7.78. The summed E-state index contributed by atoms with van der Waals surface area (Å²) in [5, 5.41) is 20.0. The van der Waals surface area contributed by atoms with Gasteiger partial charge in [0.2, 0.25) is 5.28 Å². The van der Waals surface area contributed by atoms with Gasteiger partial charge < -0.3 is 10.4 Å². The van der Waals surface area contributed by atoms with Gasteiger partial charge in [-0.1, -0.05) is 32.4 Å². The number of halogens is 2. The molecule has 1 rings (SSSR count). The van der Waals surface area contributed by atoms with E-state index in [9.17, 15) is 5.11 Å². The minimum Gasteiger partial charge on any atom is -0.391 e. The Balaban J connectivity index is 2.53. The van der Waals surface area contributed by atoms with Crippen molar-refractivity contribution in [3.05, 3.63) is 10.4 Å². The van der Waals surface area contributed by atoms with Gasteiger partial charge in [0.15, 0.2) is 11.0 Å². The summed E-state index contributed by atoms with van der Waals surface area (Å²) in [7, 11) is 0. The fourth-order valence-electron chi connectivity index (χ4n) is 1.40. The molecule has 1 atom stereocenters. The molecule has 0 aliphatic heterocycles. The van der Waals surface area contributed by atoms with Crippen LogP contribution in [0, 0.1) is 5.41 Å². The van der Waals surface area contributed by atoms with Gasteiger partial charge in [0, 0.05) is 6.54 Å². The number of aliphatic hydroxyl groups is 1. The van der Waals surface area contributed by atoms with Crippen molar-refractivity contribution in [2.75, 3.05) is 11.9 Å². The minimum atomic E-state index is -0.486. The Bertz CT molecular complexity index is 381. The average Bonchev–Trinajstić information content (AvgIpc) is 2.17. The van der Waals surface area contributed by atoms with E-state index in [0.717, 1.165) is 0 Å². The summed E-state index contributed by atoms with van der Waals surface area (Å²) in [4.78, 5) is 3.88. The molecule has 0 saturated carbocycles. The Morgan fingerprint density at radius 3 is 2.53 bits per heavy atom. The fraction of sp³-hybridized carbons (Fsp3) is 0.700. The van der Waals surface area contributed by atoms with Gasteiger partial charge in [0.1, 0.15) is 0 Å². The van der Waals surface area contributed by atoms with E-state index in [1.165, 1.54) is 0 Å². The van der Waals surface area contributed by atoms with E-state index in [1.807, 2.05) is 0 Å². The van der Waals surface area contributed by atoms with Crippen LogP contribution < -0.4 is 5.32 Å². The molecule has 0 spiro atoms. The Labute approximate surface area is 111 Å². The van der Waals surface area contributed by atoms with E-state index in [4.69, 9.17) is 23.2 Å². The number of anilines is 1. The van der Waals surface area contributed by atoms with Gasteiger partial charge in [-0.15, -0.1) is 10.2 Å². The molecule has 0 fully saturated rings. The zero-order chi connectivity index (χ0) is 13.1. The summed E-state index contributed by atoms with van der Waals surface area (Å²) in [6, 6.07) is 0. The van der Waals surface area contributed by atoms with Crippen LogP contribution in [0.2, 0.25) is 10.4 Å². The molecule has 0 radical (unpaired) electrons. The highest BCUT2D eigenvalue weighted by molar-refractivity contribution is 6.32. The van der Waals surface area contributed by atoms with Crippen LogP contribution in [-0.2, 0) is 0 Å². The summed E-state index contributed by atoms with van der Waals surface area (Å²) in [6.07, 6.45) is 0.184. The van der Waals surface area contributed by atoms with Gasteiger partial charge in [-0.2, -0.15) is 4.98 Å². The molecule has 1 heterocycles. The maximum absolute atomic E-state index is 9.80. The van der Waals surface area contributed by atoms with E-state index < -0.39 is 6.10 Å². The minimum absolute atomic E-state index is 0.0159. The molecule has 0 saturated heterocycles. The Hall–Kier alpha value is -0.650. The zero-order valence-corrected chi connectivity index (χ0v) is 11.5. The number of hydrogen-bond donors (Lipinski definition) is 2. The summed E-state index contributed by atoms with van der Waals surface area (Å²) in [5.74, 6) is 0.333. The molecule has 0 bridgehead atoms. The first-order valence-corrected chi connectivity index (χ1v) is 6.01. The predicted octanol–water partition coefficient (Wildman–Crippen LogP) is 2.39. The van der Waals surface area contributed by atoms with Crippen LogP contribution in [0.1, 0.15) is 27.2 Å². The smallest absolute Gasteiger partial charge is 0.245 e. The molecule has 17 heavy (non-hydrogen) atoms. The topological polar surface area (TPSA) is 70.9 Å². The number of hydrogen-bond acceptors (Lipinski definition) is 5. The molecule has 0 aromatic carbocycles. The van der Waals surface area contributed by atoms with Gasteiger partial charge in [0.05, 0.1) is 6.10 Å². The van der Waals surface area contributed by atoms with Crippen molar-refractivity contribution in [2.45, 2.75) is 33.3 Å². The highest BCUT2D eigenvalue weighted by Crippen LogP contribution is 2.21. The lowest BCUT2D eigenvalue weighted by Crippen LogP contribution is -2.25. The third kappa shape index (κ3) is 5.48. The van der Waals surface area contributed by atoms with Crippen LogP contribution in [0.15, 0.2) is 0 Å². The van der Waals surface area contributed by atoms with Gasteiger partial charge >= 0.3 is 0 Å². The maximum Gasteiger partial charge on any atom is 0.245 e. The number of aromatic nitrogens is 3. The van der Waals surface area contributed by atoms with E-state index in [0.29, 0.717) is 18.8 Å². The van der Waals surface area contributed by atoms with E-state index >= 15 is 0 Å². The van der Waals surface area contributed by atoms with E-state index in [-0.39, 0.29) is 15.9 Å². The molecule has 0 aliphatic carbocycles. The maximum atomic E-state index is 9.80. The highest BCUT2D eigenvalue weighted by Gasteiger charge is 2.17. The predicted molar refractivity (Wildman–Crippen MR) is 68.4 cm³/mol. The van der Waals surface area contributed by atoms with Gasteiger partial charge in [-0.05, 0) is 23.4 Å². The SMILES string of the molecule is CC(C)(C)CC(O)CNc1nc(Cl)nnc1Cl. The summed E-state index contributed by atoms with van der Waals surface area (Å²) in [5.41, 5.74) is 0.0620. The molecule has 1 aromatic heterocycles. The van der Waals surface area contributed by atoms with Crippen LogP contribution in [0.5, 0.6) is 0 Å².